The van der Waals surface area contributed by atoms with Gasteiger partial charge in [-0.05, 0) is 6.07 Å². The van der Waals surface area contributed by atoms with E-state index in [0.717, 1.165) is 4.90 Å². The first-order valence-corrected chi connectivity index (χ1v) is 8.62. The Balaban J connectivity index is 2.24. The minimum atomic E-state index is -1.28. The first-order valence-electron chi connectivity index (χ1n) is 8.62. The lowest BCUT2D eigenvalue weighted by atomic mass is 9.94. The van der Waals surface area contributed by atoms with Gasteiger partial charge in [-0.3, -0.25) is 24.5 Å². The third-order valence-electron chi connectivity index (χ3n) is 4.58. The number of hydrogen-bond donors (Lipinski definition) is 2. The Morgan fingerprint density at radius 3 is 2.28 bits per heavy atom. The van der Waals surface area contributed by atoms with E-state index in [1.54, 1.807) is 18.2 Å². The number of nitro groups is 1. The molecule has 9 nitrogen and oxygen atoms in total. The van der Waals surface area contributed by atoms with E-state index < -0.39 is 40.8 Å². The third-order valence-corrected chi connectivity index (χ3v) is 4.58. The molecule has 1 atom stereocenters. The van der Waals surface area contributed by atoms with Gasteiger partial charge < -0.3 is 15.1 Å². The van der Waals surface area contributed by atoms with E-state index in [4.69, 9.17) is 5.11 Å². The zero-order valence-electron chi connectivity index (χ0n) is 15.0. The molecule has 2 N–H and O–H groups in total. The predicted octanol–water partition coefficient (Wildman–Crippen LogP) is 2.49. The van der Waals surface area contributed by atoms with Gasteiger partial charge in [0, 0.05) is 18.2 Å². The number of Topliss-reactive ketones (excluding diaryl/α,β-unsaturated/α-hetero) is 1. The van der Waals surface area contributed by atoms with Crippen LogP contribution in [0, 0.1) is 10.1 Å². The van der Waals surface area contributed by atoms with Crippen LogP contribution in [0.4, 0.5) is 5.69 Å². The Kier molecular flexibility index (Phi) is 5.40. The summed E-state index contributed by atoms with van der Waals surface area (Å²) in [5.74, 6) is -3.73. The van der Waals surface area contributed by atoms with Gasteiger partial charge in [-0.15, -0.1) is 0 Å². The Bertz CT molecular complexity index is 1030. The molecule has 148 valence electrons. The molecule has 2 aromatic carbocycles. The second-order valence-corrected chi connectivity index (χ2v) is 6.32. The number of carbonyl (C=O) groups is 3. The first kappa shape index (κ1) is 19.7. The summed E-state index contributed by atoms with van der Waals surface area (Å²) < 4.78 is 0. The standard InChI is InChI=1S/C20H16N2O7/c23-15(24)10-11-21-17(13-8-4-5-9-14(13)22(28)29)16(19(26)20(21)27)18(25)12-6-2-1-3-7-12/h1-9,17,25H,10-11H2,(H,23,24)/t17-/m1/s1. The van der Waals surface area contributed by atoms with Crippen LogP contribution in [0.1, 0.15) is 23.6 Å². The number of nitrogens with zero attached hydrogens (tertiary/aromatic N) is 2. The highest BCUT2D eigenvalue weighted by Gasteiger charge is 2.48. The molecule has 1 heterocycles. The maximum Gasteiger partial charge on any atom is 0.305 e. The zero-order valence-corrected chi connectivity index (χ0v) is 15.0. The number of aliphatic hydroxyl groups is 1. The molecule has 29 heavy (non-hydrogen) atoms. The normalized spacial score (nSPS) is 18.1. The van der Waals surface area contributed by atoms with Gasteiger partial charge in [0.15, 0.2) is 0 Å². The molecule has 3 rings (SSSR count). The lowest BCUT2D eigenvalue weighted by Gasteiger charge is -2.24. The number of benzene rings is 2. The second kappa shape index (κ2) is 7.93. The summed E-state index contributed by atoms with van der Waals surface area (Å²) in [6.07, 6.45) is -0.463. The van der Waals surface area contributed by atoms with Crippen molar-refractivity contribution in [2.45, 2.75) is 12.5 Å². The maximum absolute atomic E-state index is 12.7. The number of nitro benzene ring substituents is 1. The first-order chi connectivity index (χ1) is 13.8. The molecule has 9 heteroatoms. The Labute approximate surface area is 164 Å². The number of likely N-dealkylation sites (tertiary alicyclic amines) is 1. The predicted molar refractivity (Wildman–Crippen MR) is 101 cm³/mol. The Morgan fingerprint density at radius 2 is 1.66 bits per heavy atom. The van der Waals surface area contributed by atoms with E-state index in [-0.39, 0.29) is 28.9 Å². The molecule has 1 aliphatic rings. The van der Waals surface area contributed by atoms with Crippen molar-refractivity contribution < 1.29 is 29.5 Å². The summed E-state index contributed by atoms with van der Waals surface area (Å²) in [4.78, 5) is 48.1. The maximum atomic E-state index is 12.7. The van der Waals surface area contributed by atoms with Crippen LogP contribution in [0.3, 0.4) is 0 Å². The number of para-hydroxylation sites is 1. The van der Waals surface area contributed by atoms with Crippen LogP contribution in [0.5, 0.6) is 0 Å². The lowest BCUT2D eigenvalue weighted by Crippen LogP contribution is -2.32. The lowest BCUT2D eigenvalue weighted by molar-refractivity contribution is -0.385. The average Bonchev–Trinajstić information content (AvgIpc) is 2.96. The molecule has 0 saturated carbocycles. The number of aliphatic carboxylic acids is 1. The summed E-state index contributed by atoms with van der Waals surface area (Å²) in [5.41, 5.74) is -0.397. The summed E-state index contributed by atoms with van der Waals surface area (Å²) in [6.45, 7) is -0.345. The molecule has 1 saturated heterocycles. The van der Waals surface area contributed by atoms with Crippen molar-refractivity contribution in [1.29, 1.82) is 0 Å². The number of amides is 1. The minimum absolute atomic E-state index is 0.0135. The van der Waals surface area contributed by atoms with Gasteiger partial charge >= 0.3 is 5.97 Å². The van der Waals surface area contributed by atoms with Crippen molar-refractivity contribution in [2.75, 3.05) is 6.54 Å². The van der Waals surface area contributed by atoms with Gasteiger partial charge in [0.2, 0.25) is 0 Å². The van der Waals surface area contributed by atoms with Crippen LogP contribution in [0.2, 0.25) is 0 Å². The number of aliphatic hydroxyl groups excluding tert-OH is 1. The van der Waals surface area contributed by atoms with Gasteiger partial charge in [-0.1, -0.05) is 42.5 Å². The number of hydrogen-bond acceptors (Lipinski definition) is 6. The number of carboxylic acid groups (broad SMARTS) is 1. The largest absolute Gasteiger partial charge is 0.507 e. The fraction of sp³-hybridized carbons (Fsp3) is 0.150. The highest BCUT2D eigenvalue weighted by atomic mass is 16.6. The zero-order chi connectivity index (χ0) is 21.1. The highest BCUT2D eigenvalue weighted by molar-refractivity contribution is 6.46. The van der Waals surface area contributed by atoms with Crippen LogP contribution in [-0.2, 0) is 14.4 Å². The van der Waals surface area contributed by atoms with E-state index in [2.05, 4.69) is 0 Å². The van der Waals surface area contributed by atoms with Crippen LogP contribution >= 0.6 is 0 Å². The van der Waals surface area contributed by atoms with Gasteiger partial charge in [0.05, 0.1) is 28.5 Å². The van der Waals surface area contributed by atoms with E-state index in [0.29, 0.717) is 0 Å². The van der Waals surface area contributed by atoms with Crippen LogP contribution in [0.25, 0.3) is 5.76 Å². The molecule has 0 aromatic heterocycles. The second-order valence-electron chi connectivity index (χ2n) is 6.32. The third kappa shape index (κ3) is 3.70. The molecule has 0 spiro atoms. The molecular weight excluding hydrogens is 380 g/mol. The van der Waals surface area contributed by atoms with E-state index in [9.17, 15) is 29.6 Å². The molecule has 0 bridgehead atoms. The number of ketones is 1. The topological polar surface area (TPSA) is 138 Å². The van der Waals surface area contributed by atoms with Gasteiger partial charge in [0.25, 0.3) is 17.4 Å². The highest BCUT2D eigenvalue weighted by Crippen LogP contribution is 2.42. The van der Waals surface area contributed by atoms with Crippen molar-refractivity contribution in [1.82, 2.24) is 4.90 Å². The number of carboxylic acids is 1. The molecular formula is C20H16N2O7. The van der Waals surface area contributed by atoms with Crippen molar-refractivity contribution in [3.05, 3.63) is 81.4 Å². The Morgan fingerprint density at radius 1 is 1.03 bits per heavy atom. The van der Waals surface area contributed by atoms with E-state index in [1.807, 2.05) is 0 Å². The summed E-state index contributed by atoms with van der Waals surface area (Å²) in [6, 6.07) is 12.2. The van der Waals surface area contributed by atoms with Crippen LogP contribution in [0.15, 0.2) is 60.2 Å². The molecule has 0 unspecified atom stereocenters. The van der Waals surface area contributed by atoms with E-state index in [1.165, 1.54) is 36.4 Å². The van der Waals surface area contributed by atoms with Crippen LogP contribution < -0.4 is 0 Å². The van der Waals surface area contributed by atoms with Gasteiger partial charge in [0.1, 0.15) is 5.76 Å². The van der Waals surface area contributed by atoms with Gasteiger partial charge in [-0.25, -0.2) is 0 Å². The van der Waals surface area contributed by atoms with E-state index >= 15 is 0 Å². The quantitative estimate of drug-likeness (QED) is 0.251. The van der Waals surface area contributed by atoms with Crippen molar-refractivity contribution >= 4 is 29.1 Å². The molecule has 1 aliphatic heterocycles. The number of rotatable bonds is 6. The molecule has 1 fully saturated rings. The SMILES string of the molecule is O=C(O)CCN1C(=O)C(=O)C(=C(O)c2ccccc2)[C@H]1c1ccccc1[N+](=O)[O-]. The molecule has 2 aromatic rings. The molecule has 1 amide bonds. The minimum Gasteiger partial charge on any atom is -0.507 e. The summed E-state index contributed by atoms with van der Waals surface area (Å²) in [5, 5.41) is 31.3. The van der Waals surface area contributed by atoms with Crippen molar-refractivity contribution in [3.8, 4) is 0 Å². The van der Waals surface area contributed by atoms with Crippen LogP contribution in [-0.4, -0.2) is 44.2 Å². The summed E-state index contributed by atoms with van der Waals surface area (Å²) in [7, 11) is 0. The Hall–Kier alpha value is -4.01. The van der Waals surface area contributed by atoms with Gasteiger partial charge in [-0.2, -0.15) is 0 Å². The monoisotopic (exact) mass is 396 g/mol. The van der Waals surface area contributed by atoms with Crippen molar-refractivity contribution in [3.63, 3.8) is 0 Å². The fourth-order valence-corrected chi connectivity index (χ4v) is 3.29. The molecule has 0 aliphatic carbocycles. The smallest absolute Gasteiger partial charge is 0.305 e. The van der Waals surface area contributed by atoms with Crippen molar-refractivity contribution in [2.24, 2.45) is 0 Å². The number of carbonyl (C=O) groups excluding carboxylic acids is 2. The average molecular weight is 396 g/mol. The molecule has 0 radical (unpaired) electrons. The summed E-state index contributed by atoms with van der Waals surface area (Å²) >= 11 is 0. The fourth-order valence-electron chi connectivity index (χ4n) is 3.29.